The molecule has 4 nitrogen and oxygen atoms in total. The van der Waals surface area contributed by atoms with Crippen molar-refractivity contribution in [2.24, 2.45) is 0 Å². The molecular weight excluding hydrogens is 279 g/mol. The Balaban J connectivity index is 0.000000720. The Morgan fingerprint density at radius 3 is 2.77 bits per heavy atom. The summed E-state index contributed by atoms with van der Waals surface area (Å²) < 4.78 is 2.88. The van der Waals surface area contributed by atoms with Gasteiger partial charge in [-0.1, -0.05) is 0 Å². The first kappa shape index (κ1) is 13.0. The van der Waals surface area contributed by atoms with Gasteiger partial charge in [0.1, 0.15) is 0 Å². The molecule has 0 aliphatic carbocycles. The Labute approximate surface area is 97.2 Å². The van der Waals surface area contributed by atoms with E-state index in [1.165, 1.54) is 0 Å². The molecule has 0 aromatic carbocycles. The van der Waals surface area contributed by atoms with E-state index in [0.717, 1.165) is 29.8 Å². The number of hydrogen-bond acceptors (Lipinski definition) is 3. The number of fused-ring (bicyclic) bond motifs is 1. The second-order valence-corrected chi connectivity index (χ2v) is 3.34. The molecule has 3 N–H and O–H groups in total. The summed E-state index contributed by atoms with van der Waals surface area (Å²) in [6.45, 7) is 2.73. The van der Waals surface area contributed by atoms with E-state index in [4.69, 9.17) is 5.73 Å². The van der Waals surface area contributed by atoms with E-state index in [0.29, 0.717) is 5.82 Å². The second kappa shape index (κ2) is 5.05. The molecule has 76 valence electrons. The van der Waals surface area contributed by atoms with E-state index < -0.39 is 0 Å². The fourth-order valence-corrected chi connectivity index (χ4v) is 1.67. The van der Waals surface area contributed by atoms with Crippen molar-refractivity contribution in [1.29, 1.82) is 0 Å². The first-order valence-electron chi connectivity index (χ1n) is 3.50. The molecule has 7 heteroatoms. The van der Waals surface area contributed by atoms with Gasteiger partial charge >= 0.3 is 0 Å². The maximum absolute atomic E-state index is 5.61. The van der Waals surface area contributed by atoms with Gasteiger partial charge in [-0.15, -0.1) is 24.8 Å². The van der Waals surface area contributed by atoms with Crippen LogP contribution in [0.15, 0.2) is 4.47 Å². The highest BCUT2D eigenvalue weighted by Crippen LogP contribution is 2.24. The minimum Gasteiger partial charge on any atom is -0.381 e. The molecular formula is C6H11BrCl2N4. The fraction of sp³-hybridized carbons (Fsp3) is 0.500. The van der Waals surface area contributed by atoms with E-state index in [2.05, 4.69) is 26.3 Å². The number of halogens is 3. The standard InChI is InChI=1S/C6H9BrN4.2ClH/c7-5-4-3-9-1-2-11(4)10-6(5)8;;/h9H,1-3H2,(H2,8,10);2*1H. The number of nitrogen functional groups attached to an aromatic ring is 1. The molecule has 0 atom stereocenters. The number of nitrogens with one attached hydrogen (secondary N) is 1. The lowest BCUT2D eigenvalue weighted by Crippen LogP contribution is -2.28. The van der Waals surface area contributed by atoms with Crippen LogP contribution in [0, 0.1) is 0 Å². The molecule has 0 radical (unpaired) electrons. The third-order valence-corrected chi connectivity index (χ3v) is 2.68. The molecule has 0 bridgehead atoms. The van der Waals surface area contributed by atoms with Crippen LogP contribution < -0.4 is 11.1 Å². The molecule has 2 heterocycles. The average molecular weight is 290 g/mol. The van der Waals surface area contributed by atoms with Crippen molar-refractivity contribution in [3.8, 4) is 0 Å². The highest BCUT2D eigenvalue weighted by atomic mass is 79.9. The molecule has 0 saturated heterocycles. The van der Waals surface area contributed by atoms with Gasteiger partial charge in [-0.05, 0) is 15.9 Å². The normalized spacial score (nSPS) is 13.9. The minimum atomic E-state index is 0. The van der Waals surface area contributed by atoms with Crippen LogP contribution in [0.1, 0.15) is 5.69 Å². The predicted octanol–water partition coefficient (Wildman–Crippen LogP) is 1.17. The first-order chi connectivity index (χ1) is 5.29. The highest BCUT2D eigenvalue weighted by Gasteiger charge is 2.15. The molecule has 2 rings (SSSR count). The number of rotatable bonds is 0. The zero-order chi connectivity index (χ0) is 7.84. The summed E-state index contributed by atoms with van der Waals surface area (Å²) in [5, 5.41) is 7.41. The number of nitrogens with zero attached hydrogens (tertiary/aromatic N) is 2. The fourth-order valence-electron chi connectivity index (χ4n) is 1.24. The number of aromatic nitrogens is 2. The van der Waals surface area contributed by atoms with E-state index in [9.17, 15) is 0 Å². The van der Waals surface area contributed by atoms with Crippen molar-refractivity contribution in [2.45, 2.75) is 13.1 Å². The van der Waals surface area contributed by atoms with Gasteiger partial charge < -0.3 is 11.1 Å². The summed E-state index contributed by atoms with van der Waals surface area (Å²) in [6, 6.07) is 0. The van der Waals surface area contributed by atoms with Gasteiger partial charge in [0, 0.05) is 13.1 Å². The van der Waals surface area contributed by atoms with Crippen molar-refractivity contribution in [3.05, 3.63) is 10.2 Å². The van der Waals surface area contributed by atoms with Gasteiger partial charge in [0.05, 0.1) is 16.7 Å². The van der Waals surface area contributed by atoms with Crippen molar-refractivity contribution in [1.82, 2.24) is 15.1 Å². The van der Waals surface area contributed by atoms with E-state index in [1.807, 2.05) is 4.68 Å². The molecule has 1 aromatic rings. The van der Waals surface area contributed by atoms with E-state index >= 15 is 0 Å². The largest absolute Gasteiger partial charge is 0.381 e. The van der Waals surface area contributed by atoms with Crippen LogP contribution in [-0.2, 0) is 13.1 Å². The summed E-state index contributed by atoms with van der Waals surface area (Å²) in [5.41, 5.74) is 6.76. The third kappa shape index (κ3) is 2.28. The van der Waals surface area contributed by atoms with Gasteiger partial charge in [-0.2, -0.15) is 5.10 Å². The minimum absolute atomic E-state index is 0. The van der Waals surface area contributed by atoms with Gasteiger partial charge in [-0.3, -0.25) is 4.68 Å². The van der Waals surface area contributed by atoms with Crippen LogP contribution in [0.4, 0.5) is 5.82 Å². The van der Waals surface area contributed by atoms with Crippen molar-refractivity contribution >= 4 is 46.6 Å². The highest BCUT2D eigenvalue weighted by molar-refractivity contribution is 9.10. The maximum atomic E-state index is 5.61. The zero-order valence-corrected chi connectivity index (χ0v) is 10.0. The van der Waals surface area contributed by atoms with E-state index in [-0.39, 0.29) is 24.8 Å². The first-order valence-corrected chi connectivity index (χ1v) is 4.29. The van der Waals surface area contributed by atoms with Crippen molar-refractivity contribution in [2.75, 3.05) is 12.3 Å². The van der Waals surface area contributed by atoms with Gasteiger partial charge in [-0.25, -0.2) is 0 Å². The van der Waals surface area contributed by atoms with Crippen LogP contribution >= 0.6 is 40.7 Å². The van der Waals surface area contributed by atoms with E-state index in [1.54, 1.807) is 0 Å². The number of anilines is 1. The molecule has 0 unspecified atom stereocenters. The molecule has 1 aliphatic rings. The average Bonchev–Trinajstić information content (AvgIpc) is 2.30. The summed E-state index contributed by atoms with van der Waals surface area (Å²) in [7, 11) is 0. The Bertz CT molecular complexity index is 288. The molecule has 0 spiro atoms. The third-order valence-electron chi connectivity index (χ3n) is 1.81. The lowest BCUT2D eigenvalue weighted by atomic mass is 10.3. The van der Waals surface area contributed by atoms with Gasteiger partial charge in [0.2, 0.25) is 0 Å². The SMILES string of the molecule is Cl.Cl.Nc1nn2c(c1Br)CNCC2. The number of hydrogen-bond donors (Lipinski definition) is 2. The zero-order valence-electron chi connectivity index (χ0n) is 6.79. The summed E-state index contributed by atoms with van der Waals surface area (Å²) in [4.78, 5) is 0. The summed E-state index contributed by atoms with van der Waals surface area (Å²) >= 11 is 3.39. The lowest BCUT2D eigenvalue weighted by molar-refractivity contribution is 0.475. The molecule has 0 saturated carbocycles. The van der Waals surface area contributed by atoms with Crippen LogP contribution in [0.5, 0.6) is 0 Å². The Morgan fingerprint density at radius 1 is 1.46 bits per heavy atom. The van der Waals surface area contributed by atoms with Crippen LogP contribution in [0.25, 0.3) is 0 Å². The summed E-state index contributed by atoms with van der Waals surface area (Å²) in [5.74, 6) is 0.587. The molecule has 0 fully saturated rings. The predicted molar refractivity (Wildman–Crippen MR) is 60.5 cm³/mol. The molecule has 1 aliphatic heterocycles. The molecule has 13 heavy (non-hydrogen) atoms. The summed E-state index contributed by atoms with van der Waals surface area (Å²) in [6.07, 6.45) is 0. The Morgan fingerprint density at radius 2 is 2.15 bits per heavy atom. The number of nitrogens with two attached hydrogens (primary N) is 1. The molecule has 1 aromatic heterocycles. The maximum Gasteiger partial charge on any atom is 0.160 e. The molecule has 0 amide bonds. The van der Waals surface area contributed by atoms with Crippen molar-refractivity contribution in [3.63, 3.8) is 0 Å². The lowest BCUT2D eigenvalue weighted by Gasteiger charge is -2.14. The monoisotopic (exact) mass is 288 g/mol. The Kier molecular flexibility index (Phi) is 5.06. The van der Waals surface area contributed by atoms with Crippen LogP contribution in [0.3, 0.4) is 0 Å². The smallest absolute Gasteiger partial charge is 0.160 e. The van der Waals surface area contributed by atoms with Crippen LogP contribution in [-0.4, -0.2) is 16.3 Å². The second-order valence-electron chi connectivity index (χ2n) is 2.55. The Hall–Kier alpha value is 0.0300. The van der Waals surface area contributed by atoms with Crippen LogP contribution in [0.2, 0.25) is 0 Å². The quantitative estimate of drug-likeness (QED) is 0.754. The van der Waals surface area contributed by atoms with Crippen molar-refractivity contribution < 1.29 is 0 Å². The van der Waals surface area contributed by atoms with Gasteiger partial charge in [0.25, 0.3) is 0 Å². The topological polar surface area (TPSA) is 55.9 Å². The van der Waals surface area contributed by atoms with Gasteiger partial charge in [0.15, 0.2) is 5.82 Å².